The Morgan fingerprint density at radius 2 is 2.09 bits per heavy atom. The molecular weight excluding hydrogens is 487 g/mol. The number of nitrogens with zero attached hydrogens (tertiary/aromatic N) is 3. The number of imidazole rings is 1. The minimum absolute atomic E-state index is 0.0181. The number of halogens is 1. The predicted molar refractivity (Wildman–Crippen MR) is 125 cm³/mol. The summed E-state index contributed by atoms with van der Waals surface area (Å²) >= 11 is 5.90. The fourth-order valence-electron chi connectivity index (χ4n) is 3.67. The van der Waals surface area contributed by atoms with Gasteiger partial charge in [-0.05, 0) is 49.9 Å². The maximum Gasteiger partial charge on any atom is 0.459 e. The molecule has 12 nitrogen and oxygen atoms in total. The Labute approximate surface area is 199 Å². The molecule has 1 fully saturated rings. The lowest BCUT2D eigenvalue weighted by atomic mass is 9.81. The first kappa shape index (κ1) is 24.2. The van der Waals surface area contributed by atoms with Gasteiger partial charge in [0.15, 0.2) is 11.2 Å². The fraction of sp³-hybridized carbons (Fsp3) is 0.400. The number of aromatic amines is 1. The normalized spacial score (nSPS) is 20.3. The molecule has 0 radical (unpaired) electrons. The van der Waals surface area contributed by atoms with Gasteiger partial charge in [0.2, 0.25) is 5.95 Å². The zero-order valence-corrected chi connectivity index (χ0v) is 20.1. The number of esters is 1. The predicted octanol–water partition coefficient (Wildman–Crippen LogP) is 2.66. The van der Waals surface area contributed by atoms with E-state index in [1.165, 1.54) is 14.0 Å². The Kier molecular flexibility index (Phi) is 6.94. The summed E-state index contributed by atoms with van der Waals surface area (Å²) in [4.78, 5) is 34.6. The minimum atomic E-state index is -3.93. The van der Waals surface area contributed by atoms with Gasteiger partial charge in [-0.1, -0.05) is 11.6 Å². The van der Waals surface area contributed by atoms with Crippen molar-refractivity contribution in [1.82, 2.24) is 24.6 Å². The number of rotatable bonds is 9. The number of carbonyl (C=O) groups is 1. The molecule has 0 amide bonds. The van der Waals surface area contributed by atoms with Crippen LogP contribution in [0.5, 0.6) is 5.75 Å². The zero-order valence-electron chi connectivity index (χ0n) is 18.4. The summed E-state index contributed by atoms with van der Waals surface area (Å²) in [5.41, 5.74) is 5.89. The van der Waals surface area contributed by atoms with E-state index in [0.717, 1.165) is 0 Å². The number of ether oxygens (including phenoxy) is 1. The van der Waals surface area contributed by atoms with Gasteiger partial charge in [-0.3, -0.25) is 19.1 Å². The number of hydrogen-bond donors (Lipinski definition) is 3. The summed E-state index contributed by atoms with van der Waals surface area (Å²) in [6, 6.07) is 5.38. The lowest BCUT2D eigenvalue weighted by molar-refractivity contribution is -0.142. The molecule has 1 aliphatic carbocycles. The standard InChI is InChI=1S/C20H24ClN6O6P/c1-11(19(29)31-2)26-34(30,33-15-5-3-13(21)4-6-15)32-9-12-7-14(8-12)27-10-23-16-17(27)24-20(22)25-18(16)28/h3-6,10-12,14H,7-9H2,1-2H3,(H,26,30)(H3,22,24,25,28)/t11-,12?,14?,34?/m0/s1. The van der Waals surface area contributed by atoms with Crippen molar-refractivity contribution < 1.29 is 23.1 Å². The largest absolute Gasteiger partial charge is 0.468 e. The van der Waals surface area contributed by atoms with Crippen LogP contribution in [0.25, 0.3) is 11.2 Å². The van der Waals surface area contributed by atoms with Gasteiger partial charge in [-0.15, -0.1) is 0 Å². The topological polar surface area (TPSA) is 163 Å². The number of benzene rings is 1. The van der Waals surface area contributed by atoms with Crippen LogP contribution in [0, 0.1) is 5.92 Å². The molecule has 182 valence electrons. The van der Waals surface area contributed by atoms with Gasteiger partial charge in [0.25, 0.3) is 5.56 Å². The van der Waals surface area contributed by atoms with Crippen LogP contribution in [-0.2, 0) is 18.6 Å². The van der Waals surface area contributed by atoms with Crippen LogP contribution in [0.2, 0.25) is 5.02 Å². The molecule has 34 heavy (non-hydrogen) atoms. The molecule has 1 unspecified atom stereocenters. The van der Waals surface area contributed by atoms with E-state index in [4.69, 9.17) is 31.1 Å². The minimum Gasteiger partial charge on any atom is -0.468 e. The van der Waals surface area contributed by atoms with Crippen molar-refractivity contribution in [3.05, 3.63) is 46.0 Å². The van der Waals surface area contributed by atoms with Crippen LogP contribution in [0.3, 0.4) is 0 Å². The summed E-state index contributed by atoms with van der Waals surface area (Å²) in [5, 5.41) is 3.10. The van der Waals surface area contributed by atoms with Crippen LogP contribution >= 0.6 is 19.3 Å². The summed E-state index contributed by atoms with van der Waals surface area (Å²) in [6.07, 6.45) is 2.91. The van der Waals surface area contributed by atoms with Crippen LogP contribution in [0.1, 0.15) is 25.8 Å². The molecule has 2 atom stereocenters. The number of nitrogens with one attached hydrogen (secondary N) is 2. The Balaban J connectivity index is 1.42. The van der Waals surface area contributed by atoms with E-state index in [0.29, 0.717) is 23.5 Å². The van der Waals surface area contributed by atoms with Gasteiger partial charge in [-0.25, -0.2) is 9.55 Å². The second kappa shape index (κ2) is 9.75. The van der Waals surface area contributed by atoms with Gasteiger partial charge >= 0.3 is 13.7 Å². The summed E-state index contributed by atoms with van der Waals surface area (Å²) < 4.78 is 31.2. The van der Waals surface area contributed by atoms with E-state index in [2.05, 4.69) is 20.0 Å². The van der Waals surface area contributed by atoms with Gasteiger partial charge in [-0.2, -0.15) is 10.1 Å². The lowest BCUT2D eigenvalue weighted by Gasteiger charge is -2.36. The molecule has 2 heterocycles. The van der Waals surface area contributed by atoms with Gasteiger partial charge in [0.1, 0.15) is 11.8 Å². The number of hydrogen-bond acceptors (Lipinski definition) is 9. The van der Waals surface area contributed by atoms with Crippen molar-refractivity contribution >= 4 is 42.4 Å². The zero-order chi connectivity index (χ0) is 24.5. The molecule has 0 spiro atoms. The van der Waals surface area contributed by atoms with E-state index in [9.17, 15) is 14.2 Å². The van der Waals surface area contributed by atoms with Gasteiger partial charge in [0, 0.05) is 11.1 Å². The van der Waals surface area contributed by atoms with Crippen LogP contribution in [-0.4, -0.2) is 45.2 Å². The van der Waals surface area contributed by atoms with Gasteiger partial charge < -0.3 is 19.6 Å². The molecular formula is C20H24ClN6O6P. The fourth-order valence-corrected chi connectivity index (χ4v) is 5.36. The first-order chi connectivity index (χ1) is 16.2. The van der Waals surface area contributed by atoms with Crippen molar-refractivity contribution in [2.45, 2.75) is 31.8 Å². The molecule has 3 aromatic rings. The van der Waals surface area contributed by atoms with E-state index in [-0.39, 0.29) is 35.8 Å². The van der Waals surface area contributed by atoms with Crippen LogP contribution in [0.4, 0.5) is 5.95 Å². The molecule has 0 aliphatic heterocycles. The smallest absolute Gasteiger partial charge is 0.459 e. The number of aromatic nitrogens is 4. The number of nitrogens with two attached hydrogens (primary N) is 1. The van der Waals surface area contributed by atoms with E-state index >= 15 is 0 Å². The van der Waals surface area contributed by atoms with Crippen molar-refractivity contribution in [3.63, 3.8) is 0 Å². The number of carbonyl (C=O) groups excluding carboxylic acids is 1. The number of fused-ring (bicyclic) bond motifs is 1. The maximum absolute atomic E-state index is 13.4. The second-order valence-corrected chi connectivity index (χ2v) is 10.1. The molecule has 1 aromatic carbocycles. The molecule has 2 aromatic heterocycles. The van der Waals surface area contributed by atoms with Crippen LogP contribution < -0.4 is 20.9 Å². The monoisotopic (exact) mass is 510 g/mol. The van der Waals surface area contributed by atoms with Crippen molar-refractivity contribution in [3.8, 4) is 5.75 Å². The third kappa shape index (κ3) is 5.25. The van der Waals surface area contributed by atoms with Crippen molar-refractivity contribution in [2.75, 3.05) is 19.5 Å². The summed E-state index contributed by atoms with van der Waals surface area (Å²) in [7, 11) is -2.70. The second-order valence-electron chi connectivity index (χ2n) is 7.98. The SMILES string of the molecule is COC(=O)[C@H](C)NP(=O)(OCC1CC(n2cnc3c(=O)[nH]c(N)nc32)C1)Oc1ccc(Cl)cc1. The maximum atomic E-state index is 13.4. The molecule has 14 heteroatoms. The van der Waals surface area contributed by atoms with E-state index < -0.39 is 25.3 Å². The molecule has 0 bridgehead atoms. The van der Waals surface area contributed by atoms with Gasteiger partial charge in [0.05, 0.1) is 20.0 Å². The third-order valence-electron chi connectivity index (χ3n) is 5.48. The average Bonchev–Trinajstić information content (AvgIpc) is 3.17. The third-order valence-corrected chi connectivity index (χ3v) is 7.38. The first-order valence-electron chi connectivity index (χ1n) is 10.4. The average molecular weight is 511 g/mol. The Morgan fingerprint density at radius 3 is 2.76 bits per heavy atom. The quantitative estimate of drug-likeness (QED) is 0.288. The van der Waals surface area contributed by atoms with Crippen molar-refractivity contribution in [1.29, 1.82) is 0 Å². The van der Waals surface area contributed by atoms with Crippen molar-refractivity contribution in [2.24, 2.45) is 5.92 Å². The number of methoxy groups -OCH3 is 1. The highest BCUT2D eigenvalue weighted by molar-refractivity contribution is 7.52. The van der Waals surface area contributed by atoms with Crippen LogP contribution in [0.15, 0.2) is 35.4 Å². The van der Waals surface area contributed by atoms with E-state index in [1.54, 1.807) is 35.2 Å². The number of nitrogen functional groups attached to an aromatic ring is 1. The summed E-state index contributed by atoms with van der Waals surface area (Å²) in [6.45, 7) is 1.61. The lowest BCUT2D eigenvalue weighted by Crippen LogP contribution is -2.36. The molecule has 1 saturated carbocycles. The number of H-pyrrole nitrogens is 1. The van der Waals surface area contributed by atoms with E-state index in [1.807, 2.05) is 0 Å². The Morgan fingerprint density at radius 1 is 1.38 bits per heavy atom. The summed E-state index contributed by atoms with van der Waals surface area (Å²) in [5.74, 6) is -0.271. The highest BCUT2D eigenvalue weighted by Crippen LogP contribution is 2.48. The molecule has 4 rings (SSSR count). The Hall–Kier alpha value is -2.92. The first-order valence-corrected chi connectivity index (χ1v) is 12.4. The highest BCUT2D eigenvalue weighted by Gasteiger charge is 2.37. The Bertz CT molecular complexity index is 1290. The molecule has 4 N–H and O–H groups in total. The highest BCUT2D eigenvalue weighted by atomic mass is 35.5. The molecule has 0 saturated heterocycles. The molecule has 1 aliphatic rings. The number of anilines is 1.